The van der Waals surface area contributed by atoms with Crippen LogP contribution in [0.1, 0.15) is 20.8 Å². The monoisotopic (exact) mass is 198 g/mol. The molecule has 0 aromatic heterocycles. The number of hydrogen-bond donors (Lipinski definition) is 1. The molecule has 0 saturated heterocycles. The van der Waals surface area contributed by atoms with Gasteiger partial charge in [0.05, 0.1) is 18.6 Å². The molecular weight excluding hydrogens is 184 g/mol. The van der Waals surface area contributed by atoms with Crippen molar-refractivity contribution in [1.82, 2.24) is 0 Å². The van der Waals surface area contributed by atoms with Gasteiger partial charge in [-0.3, -0.25) is 4.99 Å². The fourth-order valence-electron chi connectivity index (χ4n) is 1.05. The van der Waals surface area contributed by atoms with Crippen molar-refractivity contribution >= 4 is 17.7 Å². The van der Waals surface area contributed by atoms with Crippen LogP contribution in [-0.2, 0) is 9.53 Å². The average molecular weight is 198 g/mol. The van der Waals surface area contributed by atoms with Gasteiger partial charge in [-0.2, -0.15) is 4.99 Å². The van der Waals surface area contributed by atoms with E-state index in [0.717, 1.165) is 0 Å². The van der Waals surface area contributed by atoms with Crippen molar-refractivity contribution in [3.05, 3.63) is 0 Å². The van der Waals surface area contributed by atoms with Crippen LogP contribution in [0.3, 0.4) is 0 Å². The maximum absolute atomic E-state index is 11.2. The Morgan fingerprint density at radius 3 is 2.71 bits per heavy atom. The van der Waals surface area contributed by atoms with Crippen molar-refractivity contribution < 1.29 is 14.6 Å². The Labute approximate surface area is 82.5 Å². The molecule has 0 bridgehead atoms. The predicted octanol–water partition coefficient (Wildman–Crippen LogP) is 0.943. The molecule has 2 atom stereocenters. The van der Waals surface area contributed by atoms with Gasteiger partial charge in [-0.15, -0.1) is 0 Å². The lowest BCUT2D eigenvalue weighted by Gasteiger charge is -2.19. The van der Waals surface area contributed by atoms with Gasteiger partial charge in [0.25, 0.3) is 0 Å². The second-order valence-corrected chi connectivity index (χ2v) is 3.17. The largest absolute Gasteiger partial charge is 0.496 e. The van der Waals surface area contributed by atoms with Crippen LogP contribution in [0.4, 0.5) is 0 Å². The molecule has 1 N–H and O–H groups in total. The third-order valence-electron chi connectivity index (χ3n) is 2.14. The van der Waals surface area contributed by atoms with E-state index in [1.165, 1.54) is 0 Å². The summed E-state index contributed by atoms with van der Waals surface area (Å²) in [5, 5.41) is 9.40. The average Bonchev–Trinajstić information content (AvgIpc) is 2.13. The number of aliphatic hydroxyl groups is 1. The molecule has 1 rings (SSSR count). The van der Waals surface area contributed by atoms with Crippen molar-refractivity contribution in [3.8, 4) is 0 Å². The number of amidine groups is 1. The Kier molecular flexibility index (Phi) is 3.22. The third kappa shape index (κ3) is 2.10. The molecule has 0 saturated carbocycles. The van der Waals surface area contributed by atoms with Gasteiger partial charge < -0.3 is 9.84 Å². The normalized spacial score (nSPS) is 26.5. The summed E-state index contributed by atoms with van der Waals surface area (Å²) >= 11 is 0. The Balaban J connectivity index is 2.82. The van der Waals surface area contributed by atoms with Gasteiger partial charge in [0.1, 0.15) is 0 Å². The molecule has 0 fully saturated rings. The van der Waals surface area contributed by atoms with Gasteiger partial charge in [-0.1, -0.05) is 6.92 Å². The van der Waals surface area contributed by atoms with Crippen LogP contribution in [0.5, 0.6) is 0 Å². The van der Waals surface area contributed by atoms with Gasteiger partial charge in [-0.25, -0.2) is 4.79 Å². The van der Waals surface area contributed by atoms with E-state index in [-0.39, 0.29) is 30.3 Å². The van der Waals surface area contributed by atoms with Crippen LogP contribution in [0.15, 0.2) is 9.98 Å². The van der Waals surface area contributed by atoms with Crippen molar-refractivity contribution in [2.24, 2.45) is 15.9 Å². The minimum absolute atomic E-state index is 0.0463. The Hall–Kier alpha value is -1.39. The Morgan fingerprint density at radius 2 is 2.21 bits per heavy atom. The fraction of sp³-hybridized carbons (Fsp3) is 0.667. The summed E-state index contributed by atoms with van der Waals surface area (Å²) in [6.45, 7) is 5.60. The molecule has 0 amide bonds. The standard InChI is InChI=1S/C9H14N2O3/c1-4-14-9(13)7-10-6(3)5(2)8(12)11-7/h5-6H,4H2,1-3H3,(H,10,11,12). The van der Waals surface area contributed by atoms with Gasteiger partial charge in [0.15, 0.2) is 5.90 Å². The Bertz CT molecular complexity index is 296. The summed E-state index contributed by atoms with van der Waals surface area (Å²) in [7, 11) is 0. The summed E-state index contributed by atoms with van der Waals surface area (Å²) in [5.41, 5.74) is 0. The number of hydrogen-bond acceptors (Lipinski definition) is 4. The number of nitrogens with zero attached hydrogens (tertiary/aromatic N) is 2. The van der Waals surface area contributed by atoms with E-state index < -0.39 is 5.97 Å². The van der Waals surface area contributed by atoms with E-state index in [4.69, 9.17) is 4.74 Å². The van der Waals surface area contributed by atoms with E-state index in [2.05, 4.69) is 9.98 Å². The van der Waals surface area contributed by atoms with Crippen LogP contribution in [-0.4, -0.2) is 35.5 Å². The molecule has 0 radical (unpaired) electrons. The third-order valence-corrected chi connectivity index (χ3v) is 2.14. The zero-order valence-corrected chi connectivity index (χ0v) is 8.52. The van der Waals surface area contributed by atoms with Crippen molar-refractivity contribution in [1.29, 1.82) is 0 Å². The fourth-order valence-corrected chi connectivity index (χ4v) is 1.05. The van der Waals surface area contributed by atoms with Gasteiger partial charge in [0.2, 0.25) is 5.84 Å². The highest BCUT2D eigenvalue weighted by Gasteiger charge is 2.26. The highest BCUT2D eigenvalue weighted by atomic mass is 16.5. The number of rotatable bonds is 2. The number of esters is 1. The molecule has 2 unspecified atom stereocenters. The molecule has 5 nitrogen and oxygen atoms in total. The second kappa shape index (κ2) is 4.21. The predicted molar refractivity (Wildman–Crippen MR) is 52.8 cm³/mol. The van der Waals surface area contributed by atoms with Crippen LogP contribution < -0.4 is 0 Å². The van der Waals surface area contributed by atoms with E-state index in [1.807, 2.05) is 6.92 Å². The molecular formula is C9H14N2O3. The maximum atomic E-state index is 11.2. The maximum Gasteiger partial charge on any atom is 0.376 e. The van der Waals surface area contributed by atoms with Crippen LogP contribution >= 0.6 is 0 Å². The van der Waals surface area contributed by atoms with E-state index in [9.17, 15) is 9.90 Å². The van der Waals surface area contributed by atoms with Crippen molar-refractivity contribution in [3.63, 3.8) is 0 Å². The van der Waals surface area contributed by atoms with Gasteiger partial charge >= 0.3 is 5.97 Å². The Morgan fingerprint density at radius 1 is 1.57 bits per heavy atom. The topological polar surface area (TPSA) is 71.2 Å². The number of carbonyl (C=O) groups excluding carboxylic acids is 1. The van der Waals surface area contributed by atoms with E-state index in [0.29, 0.717) is 0 Å². The number of ether oxygens (including phenoxy) is 1. The number of carbonyl (C=O) groups is 1. The highest BCUT2D eigenvalue weighted by molar-refractivity contribution is 6.37. The van der Waals surface area contributed by atoms with E-state index >= 15 is 0 Å². The molecule has 0 aromatic carbocycles. The van der Waals surface area contributed by atoms with Gasteiger partial charge in [-0.05, 0) is 13.8 Å². The molecule has 1 aliphatic rings. The first-order valence-corrected chi connectivity index (χ1v) is 4.58. The molecule has 0 aromatic rings. The number of aliphatic hydroxyl groups excluding tert-OH is 1. The highest BCUT2D eigenvalue weighted by Crippen LogP contribution is 2.13. The molecule has 1 heterocycles. The first-order chi connectivity index (χ1) is 6.56. The van der Waals surface area contributed by atoms with Crippen LogP contribution in [0, 0.1) is 5.92 Å². The minimum atomic E-state index is -0.585. The molecule has 78 valence electrons. The van der Waals surface area contributed by atoms with Crippen LogP contribution in [0.25, 0.3) is 0 Å². The van der Waals surface area contributed by atoms with Crippen molar-refractivity contribution in [2.45, 2.75) is 26.8 Å². The lowest BCUT2D eigenvalue weighted by molar-refractivity contribution is -0.135. The summed E-state index contributed by atoms with van der Waals surface area (Å²) in [4.78, 5) is 18.9. The summed E-state index contributed by atoms with van der Waals surface area (Å²) in [6, 6.07) is -0.146. The van der Waals surface area contributed by atoms with Crippen LogP contribution in [0.2, 0.25) is 0 Å². The molecule has 0 spiro atoms. The first-order valence-electron chi connectivity index (χ1n) is 4.58. The SMILES string of the molecule is CCOC(=O)C1=NC(C)C(C)C(O)=N1. The zero-order chi connectivity index (χ0) is 10.7. The lowest BCUT2D eigenvalue weighted by atomic mass is 10.0. The first kappa shape index (κ1) is 10.7. The molecule has 14 heavy (non-hydrogen) atoms. The zero-order valence-electron chi connectivity index (χ0n) is 8.52. The van der Waals surface area contributed by atoms with E-state index in [1.54, 1.807) is 13.8 Å². The summed E-state index contributed by atoms with van der Waals surface area (Å²) < 4.78 is 4.73. The molecule has 1 aliphatic heterocycles. The summed E-state index contributed by atoms with van der Waals surface area (Å²) in [6.07, 6.45) is 0. The van der Waals surface area contributed by atoms with Gasteiger partial charge in [0, 0.05) is 0 Å². The second-order valence-electron chi connectivity index (χ2n) is 3.17. The minimum Gasteiger partial charge on any atom is -0.496 e. The summed E-state index contributed by atoms with van der Waals surface area (Å²) in [5.74, 6) is -0.837. The quantitative estimate of drug-likeness (QED) is 0.671. The lowest BCUT2D eigenvalue weighted by Crippen LogP contribution is -2.31. The molecule has 0 aliphatic carbocycles. The smallest absolute Gasteiger partial charge is 0.376 e. The molecule has 5 heteroatoms. The van der Waals surface area contributed by atoms with Crippen molar-refractivity contribution in [2.75, 3.05) is 6.61 Å². The number of aliphatic imine (C=N–C) groups is 2.